The number of unbranched alkanes of at least 4 members (excludes halogenated alkanes) is 1. The molecule has 1 aliphatic heterocycles. The largest absolute Gasteiger partial charge is 0.338 e. The first kappa shape index (κ1) is 17.1. The van der Waals surface area contributed by atoms with Crippen LogP contribution in [0.2, 0.25) is 5.02 Å². The van der Waals surface area contributed by atoms with E-state index in [0.717, 1.165) is 57.7 Å². The summed E-state index contributed by atoms with van der Waals surface area (Å²) in [6.45, 7) is 6.80. The quantitative estimate of drug-likeness (QED) is 0.671. The molecule has 122 valence electrons. The molecule has 1 heterocycles. The van der Waals surface area contributed by atoms with Gasteiger partial charge in [-0.05, 0) is 37.1 Å². The van der Waals surface area contributed by atoms with Gasteiger partial charge in [0.05, 0.1) is 0 Å². The molecule has 2 rings (SSSR count). The van der Waals surface area contributed by atoms with Gasteiger partial charge in [-0.2, -0.15) is 0 Å². The topological polar surface area (TPSA) is 56.4 Å². The summed E-state index contributed by atoms with van der Waals surface area (Å²) >= 11 is 5.82. The van der Waals surface area contributed by atoms with Crippen molar-refractivity contribution in [2.24, 2.45) is 0 Å². The number of carbonyl (C=O) groups is 1. The maximum atomic E-state index is 11.7. The van der Waals surface area contributed by atoms with E-state index in [4.69, 9.17) is 11.6 Å². The number of benzene rings is 1. The highest BCUT2D eigenvalue weighted by atomic mass is 35.5. The van der Waals surface area contributed by atoms with E-state index in [1.807, 2.05) is 24.3 Å². The van der Waals surface area contributed by atoms with Crippen molar-refractivity contribution in [3.8, 4) is 0 Å². The molecule has 1 aliphatic rings. The Morgan fingerprint density at radius 2 is 1.86 bits per heavy atom. The standard InChI is InChI=1S/C16H25ClN4O/c17-15-5-3-14(4-6-15)13-20-16(22)19-7-1-2-10-21-11-8-18-9-12-21/h3-6,18H,1-2,7-13H2,(H2,19,20,22). The molecule has 0 bridgehead atoms. The van der Waals surface area contributed by atoms with E-state index < -0.39 is 0 Å². The minimum atomic E-state index is -0.114. The molecule has 1 aromatic carbocycles. The lowest BCUT2D eigenvalue weighted by Crippen LogP contribution is -2.43. The Kier molecular flexibility index (Phi) is 7.49. The molecule has 1 fully saturated rings. The lowest BCUT2D eigenvalue weighted by Gasteiger charge is -2.27. The molecule has 6 heteroatoms. The van der Waals surface area contributed by atoms with Crippen LogP contribution in [0.3, 0.4) is 0 Å². The van der Waals surface area contributed by atoms with Crippen molar-refractivity contribution in [2.45, 2.75) is 19.4 Å². The van der Waals surface area contributed by atoms with Crippen LogP contribution < -0.4 is 16.0 Å². The number of urea groups is 1. The minimum Gasteiger partial charge on any atom is -0.338 e. The predicted octanol–water partition coefficient (Wildman–Crippen LogP) is 1.82. The monoisotopic (exact) mass is 324 g/mol. The van der Waals surface area contributed by atoms with Crippen molar-refractivity contribution in [3.63, 3.8) is 0 Å². The van der Waals surface area contributed by atoms with Gasteiger partial charge in [0, 0.05) is 44.3 Å². The van der Waals surface area contributed by atoms with E-state index in [2.05, 4.69) is 20.9 Å². The predicted molar refractivity (Wildman–Crippen MR) is 90.2 cm³/mol. The van der Waals surface area contributed by atoms with E-state index in [-0.39, 0.29) is 6.03 Å². The highest BCUT2D eigenvalue weighted by Gasteiger charge is 2.08. The number of nitrogens with one attached hydrogen (secondary N) is 3. The summed E-state index contributed by atoms with van der Waals surface area (Å²) in [6, 6.07) is 7.36. The number of hydrogen-bond acceptors (Lipinski definition) is 3. The first-order valence-electron chi connectivity index (χ1n) is 7.93. The SMILES string of the molecule is O=C(NCCCCN1CCNCC1)NCc1ccc(Cl)cc1. The Morgan fingerprint density at radius 1 is 1.14 bits per heavy atom. The summed E-state index contributed by atoms with van der Waals surface area (Å²) in [5.74, 6) is 0. The van der Waals surface area contributed by atoms with Crippen LogP contribution >= 0.6 is 11.6 Å². The molecular formula is C16H25ClN4O. The highest BCUT2D eigenvalue weighted by Crippen LogP contribution is 2.08. The summed E-state index contributed by atoms with van der Waals surface area (Å²) in [4.78, 5) is 14.2. The van der Waals surface area contributed by atoms with Gasteiger partial charge >= 0.3 is 6.03 Å². The van der Waals surface area contributed by atoms with Gasteiger partial charge in [0.15, 0.2) is 0 Å². The molecule has 0 atom stereocenters. The number of rotatable bonds is 7. The first-order valence-corrected chi connectivity index (χ1v) is 8.31. The second-order valence-corrected chi connectivity index (χ2v) is 5.97. The van der Waals surface area contributed by atoms with Gasteiger partial charge in [-0.25, -0.2) is 4.79 Å². The lowest BCUT2D eigenvalue weighted by molar-refractivity contribution is 0.233. The molecule has 0 aliphatic carbocycles. The Hall–Kier alpha value is -1.30. The number of carbonyl (C=O) groups excluding carboxylic acids is 1. The number of halogens is 1. The third-order valence-corrected chi connectivity index (χ3v) is 4.01. The van der Waals surface area contributed by atoms with Crippen molar-refractivity contribution in [1.82, 2.24) is 20.9 Å². The molecule has 5 nitrogen and oxygen atoms in total. The molecule has 22 heavy (non-hydrogen) atoms. The fraction of sp³-hybridized carbons (Fsp3) is 0.562. The van der Waals surface area contributed by atoms with Crippen LogP contribution in [-0.4, -0.2) is 50.2 Å². The fourth-order valence-electron chi connectivity index (χ4n) is 2.44. The molecule has 0 unspecified atom stereocenters. The van der Waals surface area contributed by atoms with Crippen molar-refractivity contribution in [1.29, 1.82) is 0 Å². The van der Waals surface area contributed by atoms with Crippen molar-refractivity contribution < 1.29 is 4.79 Å². The molecular weight excluding hydrogens is 300 g/mol. The van der Waals surface area contributed by atoms with Crippen LogP contribution in [0.15, 0.2) is 24.3 Å². The fourth-order valence-corrected chi connectivity index (χ4v) is 2.57. The molecule has 1 aromatic rings. The highest BCUT2D eigenvalue weighted by molar-refractivity contribution is 6.30. The van der Waals surface area contributed by atoms with Crippen LogP contribution in [0.5, 0.6) is 0 Å². The van der Waals surface area contributed by atoms with Gasteiger partial charge < -0.3 is 20.9 Å². The molecule has 0 spiro atoms. The average Bonchev–Trinajstić information content (AvgIpc) is 2.55. The second kappa shape index (κ2) is 9.66. The van der Waals surface area contributed by atoms with Crippen LogP contribution in [0.25, 0.3) is 0 Å². The minimum absolute atomic E-state index is 0.114. The third-order valence-electron chi connectivity index (χ3n) is 3.76. The van der Waals surface area contributed by atoms with Crippen molar-refractivity contribution >= 4 is 17.6 Å². The Morgan fingerprint density at radius 3 is 2.59 bits per heavy atom. The van der Waals surface area contributed by atoms with Crippen molar-refractivity contribution in [3.05, 3.63) is 34.9 Å². The van der Waals surface area contributed by atoms with Crippen molar-refractivity contribution in [2.75, 3.05) is 39.3 Å². The number of hydrogen-bond donors (Lipinski definition) is 3. The summed E-state index contributed by atoms with van der Waals surface area (Å²) in [7, 11) is 0. The number of piperazine rings is 1. The molecule has 2 amide bonds. The average molecular weight is 325 g/mol. The second-order valence-electron chi connectivity index (χ2n) is 5.53. The van der Waals surface area contributed by atoms with Gasteiger partial charge in [0.2, 0.25) is 0 Å². The van der Waals surface area contributed by atoms with E-state index in [0.29, 0.717) is 11.6 Å². The Bertz CT molecular complexity index is 446. The molecule has 1 saturated heterocycles. The first-order chi connectivity index (χ1) is 10.7. The normalized spacial score (nSPS) is 15.5. The molecule has 3 N–H and O–H groups in total. The van der Waals surface area contributed by atoms with E-state index in [1.54, 1.807) is 0 Å². The van der Waals surface area contributed by atoms with Gasteiger partial charge in [-0.1, -0.05) is 23.7 Å². The third kappa shape index (κ3) is 6.64. The Balaban J connectivity index is 1.49. The van der Waals surface area contributed by atoms with Crippen LogP contribution in [0, 0.1) is 0 Å². The summed E-state index contributed by atoms with van der Waals surface area (Å²) in [6.07, 6.45) is 2.13. The summed E-state index contributed by atoms with van der Waals surface area (Å²) in [5, 5.41) is 9.80. The van der Waals surface area contributed by atoms with Gasteiger partial charge in [-0.3, -0.25) is 0 Å². The van der Waals surface area contributed by atoms with Crippen LogP contribution in [-0.2, 0) is 6.54 Å². The maximum absolute atomic E-state index is 11.7. The lowest BCUT2D eigenvalue weighted by atomic mass is 10.2. The zero-order chi connectivity index (χ0) is 15.6. The molecule has 0 saturated carbocycles. The zero-order valence-corrected chi connectivity index (χ0v) is 13.7. The van der Waals surface area contributed by atoms with Gasteiger partial charge in [-0.15, -0.1) is 0 Å². The Labute approximate surface area is 137 Å². The number of nitrogens with zero attached hydrogens (tertiary/aromatic N) is 1. The van der Waals surface area contributed by atoms with Crippen LogP contribution in [0.1, 0.15) is 18.4 Å². The maximum Gasteiger partial charge on any atom is 0.315 e. The van der Waals surface area contributed by atoms with E-state index in [9.17, 15) is 4.79 Å². The van der Waals surface area contributed by atoms with Crippen LogP contribution in [0.4, 0.5) is 4.79 Å². The summed E-state index contributed by atoms with van der Waals surface area (Å²) < 4.78 is 0. The zero-order valence-electron chi connectivity index (χ0n) is 12.9. The smallest absolute Gasteiger partial charge is 0.315 e. The van der Waals surface area contributed by atoms with E-state index in [1.165, 1.54) is 0 Å². The molecule has 0 radical (unpaired) electrons. The van der Waals surface area contributed by atoms with Gasteiger partial charge in [0.25, 0.3) is 0 Å². The summed E-state index contributed by atoms with van der Waals surface area (Å²) in [5.41, 5.74) is 1.04. The van der Waals surface area contributed by atoms with Gasteiger partial charge in [0.1, 0.15) is 0 Å². The number of amides is 2. The molecule has 0 aromatic heterocycles. The van der Waals surface area contributed by atoms with E-state index >= 15 is 0 Å².